The molecule has 0 atom stereocenters. The third-order valence-electron chi connectivity index (χ3n) is 3.23. The van der Waals surface area contributed by atoms with E-state index >= 15 is 0 Å². The zero-order valence-electron chi connectivity index (χ0n) is 12.2. The highest BCUT2D eigenvalue weighted by Gasteiger charge is 2.19. The van der Waals surface area contributed by atoms with Gasteiger partial charge in [0.05, 0.1) is 16.7 Å². The number of nitro groups is 1. The first-order chi connectivity index (χ1) is 9.73. The number of amides is 1. The van der Waals surface area contributed by atoms with Gasteiger partial charge < -0.3 is 11.1 Å². The van der Waals surface area contributed by atoms with Crippen LogP contribution < -0.4 is 11.1 Å². The summed E-state index contributed by atoms with van der Waals surface area (Å²) in [4.78, 5) is 21.8. The summed E-state index contributed by atoms with van der Waals surface area (Å²) >= 11 is 0. The van der Waals surface area contributed by atoms with Gasteiger partial charge in [-0.25, -0.2) is 4.39 Å². The molecule has 0 radical (unpaired) electrons. The topological polar surface area (TPSA) is 98.3 Å². The number of benzene rings is 1. The van der Waals surface area contributed by atoms with Crippen molar-refractivity contribution in [2.45, 2.75) is 33.1 Å². The average molecular weight is 297 g/mol. The number of carbonyl (C=O) groups excluding carboxylic acids is 1. The highest BCUT2D eigenvalue weighted by Crippen LogP contribution is 2.26. The number of halogens is 1. The number of hydrogen-bond acceptors (Lipinski definition) is 4. The highest BCUT2D eigenvalue weighted by atomic mass is 19.1. The summed E-state index contributed by atoms with van der Waals surface area (Å²) in [5.74, 6) is -1.07. The van der Waals surface area contributed by atoms with Crippen molar-refractivity contribution >= 4 is 17.3 Å². The molecule has 0 aliphatic heterocycles. The first-order valence-electron chi connectivity index (χ1n) is 6.68. The molecule has 1 amide bonds. The number of hydrogen-bond donors (Lipinski definition) is 2. The molecule has 21 heavy (non-hydrogen) atoms. The number of nitro benzene ring substituents is 1. The first kappa shape index (κ1) is 17.0. The van der Waals surface area contributed by atoms with Crippen LogP contribution in [0.5, 0.6) is 0 Å². The van der Waals surface area contributed by atoms with Gasteiger partial charge in [0.1, 0.15) is 5.82 Å². The normalized spacial score (nSPS) is 11.2. The maximum absolute atomic E-state index is 13.2. The maximum atomic E-state index is 13.2. The summed E-state index contributed by atoms with van der Waals surface area (Å²) < 4.78 is 13.2. The van der Waals surface area contributed by atoms with Crippen LogP contribution in [-0.2, 0) is 4.79 Å². The van der Waals surface area contributed by atoms with Gasteiger partial charge in [-0.15, -0.1) is 0 Å². The second kappa shape index (κ2) is 7.12. The van der Waals surface area contributed by atoms with Crippen LogP contribution in [0.2, 0.25) is 0 Å². The Morgan fingerprint density at radius 1 is 1.38 bits per heavy atom. The number of non-ortho nitro benzene ring substituents is 1. The van der Waals surface area contributed by atoms with E-state index in [0.717, 1.165) is 24.6 Å². The van der Waals surface area contributed by atoms with Gasteiger partial charge in [-0.05, 0) is 30.9 Å². The van der Waals surface area contributed by atoms with Crippen LogP contribution in [0.4, 0.5) is 15.8 Å². The summed E-state index contributed by atoms with van der Waals surface area (Å²) in [5.41, 5.74) is 5.14. The zero-order valence-corrected chi connectivity index (χ0v) is 12.2. The fourth-order valence-corrected chi connectivity index (χ4v) is 1.94. The number of nitrogens with zero attached hydrogens (tertiary/aromatic N) is 1. The Morgan fingerprint density at radius 2 is 2.05 bits per heavy atom. The van der Waals surface area contributed by atoms with E-state index in [9.17, 15) is 19.3 Å². The lowest BCUT2D eigenvalue weighted by atomic mass is 9.84. The van der Waals surface area contributed by atoms with Crippen molar-refractivity contribution in [3.8, 4) is 0 Å². The lowest BCUT2D eigenvalue weighted by Crippen LogP contribution is -2.20. The van der Waals surface area contributed by atoms with Gasteiger partial charge in [0.15, 0.2) is 0 Å². The molecular formula is C14H20FN3O3. The van der Waals surface area contributed by atoms with E-state index in [2.05, 4.69) is 5.32 Å². The molecule has 0 unspecified atom stereocenters. The van der Waals surface area contributed by atoms with Gasteiger partial charge in [0.25, 0.3) is 5.69 Å². The maximum Gasteiger partial charge on any atom is 0.274 e. The average Bonchev–Trinajstić information content (AvgIpc) is 2.35. The highest BCUT2D eigenvalue weighted by molar-refractivity contribution is 5.91. The molecular weight excluding hydrogens is 277 g/mol. The quantitative estimate of drug-likeness (QED) is 0.597. The van der Waals surface area contributed by atoms with Gasteiger partial charge in [-0.3, -0.25) is 14.9 Å². The molecule has 7 heteroatoms. The molecule has 0 aromatic heterocycles. The Morgan fingerprint density at radius 3 is 2.62 bits per heavy atom. The SMILES string of the molecule is CC(C)(CCN)CCC(=O)Nc1cc(F)cc([N+](=O)[O-])c1. The van der Waals surface area contributed by atoms with E-state index in [1.54, 1.807) is 0 Å². The van der Waals surface area contributed by atoms with E-state index in [-0.39, 0.29) is 23.4 Å². The summed E-state index contributed by atoms with van der Waals surface area (Å²) in [7, 11) is 0. The fraction of sp³-hybridized carbons (Fsp3) is 0.500. The third kappa shape index (κ3) is 5.86. The van der Waals surface area contributed by atoms with E-state index in [1.807, 2.05) is 13.8 Å². The third-order valence-corrected chi connectivity index (χ3v) is 3.23. The second-order valence-corrected chi connectivity index (χ2v) is 5.71. The van der Waals surface area contributed by atoms with Gasteiger partial charge in [0.2, 0.25) is 5.91 Å². The van der Waals surface area contributed by atoms with Crippen LogP contribution in [0, 0.1) is 21.3 Å². The molecule has 1 aromatic rings. The van der Waals surface area contributed by atoms with E-state index < -0.39 is 16.4 Å². The lowest BCUT2D eigenvalue weighted by molar-refractivity contribution is -0.385. The summed E-state index contributed by atoms with van der Waals surface area (Å²) in [6.45, 7) is 4.57. The van der Waals surface area contributed by atoms with Gasteiger partial charge in [0, 0.05) is 12.5 Å². The van der Waals surface area contributed by atoms with Gasteiger partial charge in [-0.1, -0.05) is 13.8 Å². The Labute approximate surface area is 122 Å². The second-order valence-electron chi connectivity index (χ2n) is 5.71. The minimum Gasteiger partial charge on any atom is -0.330 e. The molecule has 1 aromatic carbocycles. The minimum atomic E-state index is -0.761. The molecule has 0 heterocycles. The summed E-state index contributed by atoms with van der Waals surface area (Å²) in [6.07, 6.45) is 1.68. The van der Waals surface area contributed by atoms with Crippen molar-refractivity contribution < 1.29 is 14.1 Å². The van der Waals surface area contributed by atoms with Crippen molar-refractivity contribution in [1.82, 2.24) is 0 Å². The molecule has 1 rings (SSSR count). The Balaban J connectivity index is 2.65. The van der Waals surface area contributed by atoms with Crippen molar-refractivity contribution in [2.24, 2.45) is 11.1 Å². The van der Waals surface area contributed by atoms with E-state index in [4.69, 9.17) is 5.73 Å². The molecule has 6 nitrogen and oxygen atoms in total. The zero-order chi connectivity index (χ0) is 16.0. The molecule has 0 bridgehead atoms. The fourth-order valence-electron chi connectivity index (χ4n) is 1.94. The van der Waals surface area contributed by atoms with Gasteiger partial charge in [-0.2, -0.15) is 0 Å². The summed E-state index contributed by atoms with van der Waals surface area (Å²) in [5, 5.41) is 13.1. The number of rotatable bonds is 7. The predicted molar refractivity (Wildman–Crippen MR) is 78.4 cm³/mol. The van der Waals surface area contributed by atoms with Crippen molar-refractivity contribution in [3.05, 3.63) is 34.1 Å². The Kier molecular flexibility index (Phi) is 5.78. The molecule has 116 valence electrons. The molecule has 0 fully saturated rings. The van der Waals surface area contributed by atoms with E-state index in [1.165, 1.54) is 0 Å². The van der Waals surface area contributed by atoms with Crippen LogP contribution in [0.15, 0.2) is 18.2 Å². The number of carbonyl (C=O) groups is 1. The van der Waals surface area contributed by atoms with Crippen LogP contribution >= 0.6 is 0 Å². The lowest BCUT2D eigenvalue weighted by Gasteiger charge is -2.23. The van der Waals surface area contributed by atoms with Crippen molar-refractivity contribution in [1.29, 1.82) is 0 Å². The van der Waals surface area contributed by atoms with E-state index in [0.29, 0.717) is 13.0 Å². The molecule has 0 aliphatic rings. The van der Waals surface area contributed by atoms with Gasteiger partial charge >= 0.3 is 0 Å². The predicted octanol–water partition coefficient (Wildman–Crippen LogP) is 2.83. The Hall–Kier alpha value is -2.02. The molecule has 0 saturated heterocycles. The monoisotopic (exact) mass is 297 g/mol. The van der Waals surface area contributed by atoms with Crippen LogP contribution in [0.25, 0.3) is 0 Å². The van der Waals surface area contributed by atoms with Crippen LogP contribution in [0.3, 0.4) is 0 Å². The first-order valence-corrected chi connectivity index (χ1v) is 6.68. The number of nitrogens with one attached hydrogen (secondary N) is 1. The van der Waals surface area contributed by atoms with Crippen LogP contribution in [0.1, 0.15) is 33.1 Å². The molecule has 0 aliphatic carbocycles. The minimum absolute atomic E-state index is 0.0555. The smallest absolute Gasteiger partial charge is 0.274 e. The van der Waals surface area contributed by atoms with Crippen molar-refractivity contribution in [3.63, 3.8) is 0 Å². The Bertz CT molecular complexity index is 532. The molecule has 0 saturated carbocycles. The number of nitrogens with two attached hydrogens (primary N) is 1. The van der Waals surface area contributed by atoms with Crippen LogP contribution in [-0.4, -0.2) is 17.4 Å². The standard InChI is InChI=1S/C14H20FN3O3/c1-14(2,5-6-16)4-3-13(19)17-11-7-10(15)8-12(9-11)18(20)21/h7-9H,3-6,16H2,1-2H3,(H,17,19). The molecule has 0 spiro atoms. The largest absolute Gasteiger partial charge is 0.330 e. The summed E-state index contributed by atoms with van der Waals surface area (Å²) in [6, 6.07) is 2.99. The number of anilines is 1. The molecule has 3 N–H and O–H groups in total. The van der Waals surface area contributed by atoms with Crippen molar-refractivity contribution in [2.75, 3.05) is 11.9 Å².